The van der Waals surface area contributed by atoms with Gasteiger partial charge in [0.05, 0.1) is 17.5 Å². The van der Waals surface area contributed by atoms with E-state index in [0.29, 0.717) is 18.0 Å². The van der Waals surface area contributed by atoms with Crippen LogP contribution in [0.3, 0.4) is 0 Å². The molecule has 4 nitrogen and oxygen atoms in total. The first kappa shape index (κ1) is 13.8. The summed E-state index contributed by atoms with van der Waals surface area (Å²) in [5.41, 5.74) is 0.495. The zero-order valence-electron chi connectivity index (χ0n) is 10.4. The summed E-state index contributed by atoms with van der Waals surface area (Å²) in [6.07, 6.45) is 0.880. The molecule has 0 fully saturated rings. The summed E-state index contributed by atoms with van der Waals surface area (Å²) in [5, 5.41) is -0.471. The Kier molecular flexibility index (Phi) is 4.81. The molecular formula is C12H19NO3S. The van der Waals surface area contributed by atoms with Crippen molar-refractivity contribution in [1.82, 2.24) is 0 Å². The largest absolute Gasteiger partial charge is 0.491 e. The van der Waals surface area contributed by atoms with Crippen molar-refractivity contribution in [2.45, 2.75) is 32.4 Å². The number of ether oxygens (including phenoxy) is 1. The molecule has 0 amide bonds. The van der Waals surface area contributed by atoms with Gasteiger partial charge in [0.25, 0.3) is 0 Å². The second kappa shape index (κ2) is 5.91. The molecule has 17 heavy (non-hydrogen) atoms. The third-order valence-electron chi connectivity index (χ3n) is 2.22. The summed E-state index contributed by atoms with van der Waals surface area (Å²) < 4.78 is 31.5. The lowest BCUT2D eigenvalue weighted by Gasteiger charge is -2.14. The van der Waals surface area contributed by atoms with Gasteiger partial charge in [-0.25, -0.2) is 8.42 Å². The third kappa shape index (κ3) is 3.93. The van der Waals surface area contributed by atoms with Crippen LogP contribution in [0.15, 0.2) is 24.3 Å². The molecule has 0 spiro atoms. The number of hydrogen-bond acceptors (Lipinski definition) is 3. The fourth-order valence-electron chi connectivity index (χ4n) is 1.16. The number of para-hydroxylation sites is 2. The van der Waals surface area contributed by atoms with Crippen molar-refractivity contribution in [3.05, 3.63) is 24.3 Å². The Morgan fingerprint density at radius 3 is 2.53 bits per heavy atom. The Morgan fingerprint density at radius 2 is 1.94 bits per heavy atom. The fraction of sp³-hybridized carbons (Fsp3) is 0.500. The Labute approximate surface area is 103 Å². The molecule has 0 unspecified atom stereocenters. The molecule has 0 aromatic heterocycles. The molecule has 0 radical (unpaired) electrons. The highest BCUT2D eigenvalue weighted by atomic mass is 32.2. The molecule has 1 N–H and O–H groups in total. The Morgan fingerprint density at radius 1 is 1.29 bits per heavy atom. The maximum absolute atomic E-state index is 11.8. The molecule has 0 heterocycles. The summed E-state index contributed by atoms with van der Waals surface area (Å²) in [7, 11) is -3.33. The number of hydrogen-bond donors (Lipinski definition) is 1. The smallest absolute Gasteiger partial charge is 0.235 e. The lowest BCUT2D eigenvalue weighted by molar-refractivity contribution is 0.319. The monoisotopic (exact) mass is 257 g/mol. The van der Waals surface area contributed by atoms with Gasteiger partial charge in [-0.05, 0) is 32.4 Å². The number of nitrogens with one attached hydrogen (secondary N) is 1. The van der Waals surface area contributed by atoms with Crippen molar-refractivity contribution in [3.63, 3.8) is 0 Å². The second-order valence-corrected chi connectivity index (χ2v) is 6.28. The number of benzene rings is 1. The fourth-order valence-corrected chi connectivity index (χ4v) is 1.87. The first-order chi connectivity index (χ1) is 7.97. The summed E-state index contributed by atoms with van der Waals surface area (Å²) >= 11 is 0. The maximum Gasteiger partial charge on any atom is 0.235 e. The molecule has 1 aromatic carbocycles. The van der Waals surface area contributed by atoms with Crippen molar-refractivity contribution in [2.24, 2.45) is 0 Å². The van der Waals surface area contributed by atoms with E-state index >= 15 is 0 Å². The molecule has 0 aliphatic rings. The van der Waals surface area contributed by atoms with Crippen molar-refractivity contribution in [1.29, 1.82) is 0 Å². The molecule has 1 aromatic rings. The minimum absolute atomic E-state index is 0.471. The van der Waals surface area contributed by atoms with Gasteiger partial charge in [0.1, 0.15) is 5.75 Å². The third-order valence-corrected chi connectivity index (χ3v) is 3.97. The van der Waals surface area contributed by atoms with Crippen molar-refractivity contribution in [3.8, 4) is 5.75 Å². The molecule has 96 valence electrons. The van der Waals surface area contributed by atoms with Crippen LogP contribution in [-0.2, 0) is 10.0 Å². The summed E-state index contributed by atoms with van der Waals surface area (Å²) in [5.74, 6) is 0.568. The van der Waals surface area contributed by atoms with Crippen LogP contribution in [0.1, 0.15) is 27.2 Å². The van der Waals surface area contributed by atoms with E-state index < -0.39 is 15.3 Å². The van der Waals surface area contributed by atoms with Gasteiger partial charge in [0, 0.05) is 0 Å². The second-order valence-electron chi connectivity index (χ2n) is 4.04. The molecule has 0 saturated carbocycles. The van der Waals surface area contributed by atoms with E-state index in [1.165, 1.54) is 0 Å². The van der Waals surface area contributed by atoms with Crippen molar-refractivity contribution < 1.29 is 13.2 Å². The van der Waals surface area contributed by atoms with Gasteiger partial charge < -0.3 is 4.74 Å². The molecule has 0 aliphatic carbocycles. The van der Waals surface area contributed by atoms with Gasteiger partial charge in [-0.2, -0.15) is 0 Å². The van der Waals surface area contributed by atoms with E-state index in [-0.39, 0.29) is 0 Å². The van der Waals surface area contributed by atoms with Crippen LogP contribution >= 0.6 is 0 Å². The first-order valence-corrected chi connectivity index (χ1v) is 7.25. The van der Waals surface area contributed by atoms with Gasteiger partial charge in [-0.15, -0.1) is 0 Å². The number of sulfonamides is 1. The molecule has 0 atom stereocenters. The standard InChI is InChI=1S/C12H19NO3S/c1-4-9-16-12-8-6-5-7-11(12)13-17(14,15)10(2)3/h5-8,10,13H,4,9H2,1-3H3. The quantitative estimate of drug-likeness (QED) is 0.852. The maximum atomic E-state index is 11.8. The lowest BCUT2D eigenvalue weighted by Crippen LogP contribution is -2.22. The van der Waals surface area contributed by atoms with Gasteiger partial charge in [-0.1, -0.05) is 19.1 Å². The zero-order chi connectivity index (χ0) is 12.9. The van der Waals surface area contributed by atoms with Crippen LogP contribution in [0.25, 0.3) is 0 Å². The van der Waals surface area contributed by atoms with Gasteiger partial charge in [0.15, 0.2) is 0 Å². The van der Waals surface area contributed by atoms with Gasteiger partial charge in [0.2, 0.25) is 10.0 Å². The lowest BCUT2D eigenvalue weighted by atomic mass is 10.3. The van der Waals surface area contributed by atoms with E-state index in [9.17, 15) is 8.42 Å². The topological polar surface area (TPSA) is 55.4 Å². The predicted octanol–water partition coefficient (Wildman–Crippen LogP) is 2.63. The van der Waals surface area contributed by atoms with Crippen molar-refractivity contribution in [2.75, 3.05) is 11.3 Å². The van der Waals surface area contributed by atoms with Crippen LogP contribution < -0.4 is 9.46 Å². The van der Waals surface area contributed by atoms with Crippen LogP contribution in [0.2, 0.25) is 0 Å². The normalized spacial score (nSPS) is 11.5. The predicted molar refractivity (Wildman–Crippen MR) is 69.9 cm³/mol. The van der Waals surface area contributed by atoms with Gasteiger partial charge in [-0.3, -0.25) is 4.72 Å². The average Bonchev–Trinajstić information content (AvgIpc) is 2.27. The molecule has 0 saturated heterocycles. The molecule has 0 aliphatic heterocycles. The average molecular weight is 257 g/mol. The highest BCUT2D eigenvalue weighted by molar-refractivity contribution is 7.93. The summed E-state index contributed by atoms with van der Waals surface area (Å²) in [6, 6.07) is 7.05. The Hall–Kier alpha value is -1.23. The van der Waals surface area contributed by atoms with E-state index in [2.05, 4.69) is 4.72 Å². The number of rotatable bonds is 6. The van der Waals surface area contributed by atoms with Gasteiger partial charge >= 0.3 is 0 Å². The molecule has 0 bridgehead atoms. The summed E-state index contributed by atoms with van der Waals surface area (Å²) in [4.78, 5) is 0. The van der Waals surface area contributed by atoms with Crippen LogP contribution in [0, 0.1) is 0 Å². The minimum atomic E-state index is -3.33. The molecule has 1 rings (SSSR count). The van der Waals surface area contributed by atoms with Crippen LogP contribution in [0.5, 0.6) is 5.75 Å². The minimum Gasteiger partial charge on any atom is -0.491 e. The Balaban J connectivity index is 2.91. The summed E-state index contributed by atoms with van der Waals surface area (Å²) in [6.45, 7) is 5.84. The highest BCUT2D eigenvalue weighted by Crippen LogP contribution is 2.25. The van der Waals surface area contributed by atoms with Crippen molar-refractivity contribution >= 4 is 15.7 Å². The molecular weight excluding hydrogens is 238 g/mol. The Bertz CT molecular complexity index is 455. The van der Waals surface area contributed by atoms with Crippen LogP contribution in [-0.4, -0.2) is 20.3 Å². The zero-order valence-corrected chi connectivity index (χ0v) is 11.3. The van der Waals surface area contributed by atoms with E-state index in [4.69, 9.17) is 4.74 Å². The highest BCUT2D eigenvalue weighted by Gasteiger charge is 2.17. The van der Waals surface area contributed by atoms with E-state index in [1.807, 2.05) is 13.0 Å². The van der Waals surface area contributed by atoms with Crippen LogP contribution in [0.4, 0.5) is 5.69 Å². The number of anilines is 1. The first-order valence-electron chi connectivity index (χ1n) is 5.71. The SMILES string of the molecule is CCCOc1ccccc1NS(=O)(=O)C(C)C. The van der Waals surface area contributed by atoms with E-state index in [0.717, 1.165) is 6.42 Å². The molecule has 5 heteroatoms. The van der Waals surface area contributed by atoms with E-state index in [1.54, 1.807) is 32.0 Å².